The van der Waals surface area contributed by atoms with Crippen LogP contribution in [0, 0.1) is 12.4 Å². The Morgan fingerprint density at radius 1 is 1.56 bits per heavy atom. The summed E-state index contributed by atoms with van der Waals surface area (Å²) in [6.07, 6.45) is 2.23. The molecule has 0 N–H and O–H groups in total. The molecule has 1 aliphatic heterocycles. The van der Waals surface area contributed by atoms with Crippen LogP contribution >= 0.6 is 0 Å². The Morgan fingerprint density at radius 3 is 3.00 bits per heavy atom. The standard InChI is InChI=1S/C13H12FNO3/c1-15-11-10(14)7-9(13(16)17-2)8-5-3-4-6-18-12(8)11/h7H,3-6H2,2H3. The van der Waals surface area contributed by atoms with Crippen molar-refractivity contribution in [1.82, 2.24) is 0 Å². The first-order chi connectivity index (χ1) is 8.69. The first-order valence-electron chi connectivity index (χ1n) is 5.63. The molecule has 0 saturated carbocycles. The number of carbonyl (C=O) groups is 1. The zero-order chi connectivity index (χ0) is 13.1. The van der Waals surface area contributed by atoms with Crippen LogP contribution in [0.5, 0.6) is 5.75 Å². The molecule has 0 saturated heterocycles. The molecule has 0 radical (unpaired) electrons. The molecule has 94 valence electrons. The van der Waals surface area contributed by atoms with Gasteiger partial charge in [-0.25, -0.2) is 14.0 Å². The number of fused-ring (bicyclic) bond motifs is 1. The number of methoxy groups -OCH3 is 1. The number of nitrogens with zero attached hydrogens (tertiary/aromatic N) is 1. The van der Waals surface area contributed by atoms with Crippen molar-refractivity contribution in [3.8, 4) is 5.75 Å². The van der Waals surface area contributed by atoms with Crippen LogP contribution in [0.3, 0.4) is 0 Å². The van der Waals surface area contributed by atoms with Gasteiger partial charge in [0, 0.05) is 0 Å². The van der Waals surface area contributed by atoms with Crippen molar-refractivity contribution in [3.63, 3.8) is 0 Å². The van der Waals surface area contributed by atoms with Gasteiger partial charge in [0.1, 0.15) is 11.6 Å². The number of esters is 1. The van der Waals surface area contributed by atoms with E-state index < -0.39 is 11.8 Å². The van der Waals surface area contributed by atoms with Crippen LogP contribution in [0.25, 0.3) is 4.85 Å². The Balaban J connectivity index is 2.67. The highest BCUT2D eigenvalue weighted by Gasteiger charge is 2.25. The number of hydrogen-bond donors (Lipinski definition) is 0. The quantitative estimate of drug-likeness (QED) is 0.567. The largest absolute Gasteiger partial charge is 0.504 e. The number of carbonyl (C=O) groups excluding carboxylic acids is 1. The minimum Gasteiger partial charge on any atom is -0.504 e. The Bertz CT molecular complexity index is 534. The van der Waals surface area contributed by atoms with Crippen molar-refractivity contribution in [2.75, 3.05) is 13.7 Å². The predicted octanol–water partition coefficient (Wildman–Crippen LogP) is 2.88. The Hall–Kier alpha value is -2.09. The Labute approximate surface area is 104 Å². The first kappa shape index (κ1) is 12.4. The van der Waals surface area contributed by atoms with Crippen molar-refractivity contribution < 1.29 is 18.7 Å². The molecule has 2 rings (SSSR count). The summed E-state index contributed by atoms with van der Waals surface area (Å²) in [6, 6.07) is 1.06. The zero-order valence-electron chi connectivity index (χ0n) is 9.96. The van der Waals surface area contributed by atoms with Crippen molar-refractivity contribution >= 4 is 11.7 Å². The van der Waals surface area contributed by atoms with Crippen LogP contribution in [0.4, 0.5) is 10.1 Å². The summed E-state index contributed by atoms with van der Waals surface area (Å²) in [7, 11) is 1.24. The second-order valence-electron chi connectivity index (χ2n) is 3.97. The highest BCUT2D eigenvalue weighted by Crippen LogP contribution is 2.39. The second-order valence-corrected chi connectivity index (χ2v) is 3.97. The normalized spacial score (nSPS) is 13.8. The summed E-state index contributed by atoms with van der Waals surface area (Å²) in [6.45, 7) is 7.44. The average Bonchev–Trinajstić information content (AvgIpc) is 2.62. The lowest BCUT2D eigenvalue weighted by Gasteiger charge is -2.13. The van der Waals surface area contributed by atoms with Gasteiger partial charge in [0.25, 0.3) is 5.69 Å². The van der Waals surface area contributed by atoms with E-state index >= 15 is 0 Å². The van der Waals surface area contributed by atoms with Gasteiger partial charge in [0.2, 0.25) is 0 Å². The van der Waals surface area contributed by atoms with Gasteiger partial charge in [0.05, 0.1) is 25.9 Å². The maximum atomic E-state index is 13.8. The highest BCUT2D eigenvalue weighted by atomic mass is 19.1. The van der Waals surface area contributed by atoms with Crippen molar-refractivity contribution in [3.05, 3.63) is 34.4 Å². The molecule has 0 fully saturated rings. The minimum absolute atomic E-state index is 0.152. The molecular formula is C13H12FNO3. The molecule has 0 atom stereocenters. The molecule has 0 spiro atoms. The van der Waals surface area contributed by atoms with Crippen LogP contribution in [0.15, 0.2) is 6.07 Å². The third kappa shape index (κ3) is 2.02. The summed E-state index contributed by atoms with van der Waals surface area (Å²) in [5.74, 6) is -1.15. The number of benzene rings is 1. The van der Waals surface area contributed by atoms with E-state index in [1.165, 1.54) is 7.11 Å². The fourth-order valence-corrected chi connectivity index (χ4v) is 2.03. The highest BCUT2D eigenvalue weighted by molar-refractivity contribution is 5.93. The molecule has 1 heterocycles. The van der Waals surface area contributed by atoms with Crippen molar-refractivity contribution in [2.45, 2.75) is 19.3 Å². The third-order valence-corrected chi connectivity index (χ3v) is 2.90. The summed E-state index contributed by atoms with van der Waals surface area (Å²) in [5.41, 5.74) is 0.575. The molecule has 1 aromatic rings. The Kier molecular flexibility index (Phi) is 3.47. The van der Waals surface area contributed by atoms with E-state index in [9.17, 15) is 9.18 Å². The SMILES string of the molecule is [C-]#[N+]c1c(F)cc(C(=O)OC)c2c1OCCCC2. The van der Waals surface area contributed by atoms with Gasteiger partial charge < -0.3 is 9.47 Å². The smallest absolute Gasteiger partial charge is 0.338 e. The van der Waals surface area contributed by atoms with Crippen molar-refractivity contribution in [2.24, 2.45) is 0 Å². The summed E-state index contributed by atoms with van der Waals surface area (Å²) in [5, 5.41) is 0. The van der Waals surface area contributed by atoms with E-state index in [1.807, 2.05) is 0 Å². The average molecular weight is 249 g/mol. The maximum absolute atomic E-state index is 13.8. The molecule has 1 aliphatic rings. The van der Waals surface area contributed by atoms with Gasteiger partial charge in [-0.1, -0.05) is 0 Å². The van der Waals surface area contributed by atoms with Gasteiger partial charge in [0.15, 0.2) is 0 Å². The van der Waals surface area contributed by atoms with Gasteiger partial charge in [-0.3, -0.25) is 0 Å². The lowest BCUT2D eigenvalue weighted by Crippen LogP contribution is -2.08. The van der Waals surface area contributed by atoms with Crippen LogP contribution < -0.4 is 4.74 Å². The zero-order valence-corrected chi connectivity index (χ0v) is 9.96. The number of halogens is 1. The molecule has 5 heteroatoms. The lowest BCUT2D eigenvalue weighted by molar-refractivity contribution is 0.0598. The van der Waals surface area contributed by atoms with E-state index in [0.717, 1.165) is 18.9 Å². The van der Waals surface area contributed by atoms with E-state index in [1.54, 1.807) is 0 Å². The monoisotopic (exact) mass is 249 g/mol. The van der Waals surface area contributed by atoms with Crippen LogP contribution in [0.2, 0.25) is 0 Å². The van der Waals surface area contributed by atoms with E-state index in [2.05, 4.69) is 9.58 Å². The van der Waals surface area contributed by atoms with Crippen LogP contribution in [-0.2, 0) is 11.2 Å². The fourth-order valence-electron chi connectivity index (χ4n) is 2.03. The molecule has 0 amide bonds. The van der Waals surface area contributed by atoms with Crippen LogP contribution in [0.1, 0.15) is 28.8 Å². The summed E-state index contributed by atoms with van der Waals surface area (Å²) >= 11 is 0. The van der Waals surface area contributed by atoms with E-state index in [-0.39, 0.29) is 17.0 Å². The first-order valence-corrected chi connectivity index (χ1v) is 5.63. The molecule has 0 bridgehead atoms. The molecular weight excluding hydrogens is 237 g/mol. The van der Waals surface area contributed by atoms with E-state index in [0.29, 0.717) is 18.6 Å². The molecule has 18 heavy (non-hydrogen) atoms. The molecule has 0 unspecified atom stereocenters. The topological polar surface area (TPSA) is 39.9 Å². The van der Waals surface area contributed by atoms with Crippen molar-refractivity contribution in [1.29, 1.82) is 0 Å². The van der Waals surface area contributed by atoms with Gasteiger partial charge in [-0.05, 0) is 30.9 Å². The molecule has 0 aromatic heterocycles. The van der Waals surface area contributed by atoms with Crippen LogP contribution in [-0.4, -0.2) is 19.7 Å². The van der Waals surface area contributed by atoms with Gasteiger partial charge in [-0.15, -0.1) is 0 Å². The fraction of sp³-hybridized carbons (Fsp3) is 0.385. The summed E-state index contributed by atoms with van der Waals surface area (Å²) in [4.78, 5) is 14.8. The molecule has 4 nitrogen and oxygen atoms in total. The van der Waals surface area contributed by atoms with E-state index in [4.69, 9.17) is 11.3 Å². The van der Waals surface area contributed by atoms with Gasteiger partial charge in [-0.2, -0.15) is 0 Å². The number of rotatable bonds is 1. The summed E-state index contributed by atoms with van der Waals surface area (Å²) < 4.78 is 23.8. The second kappa shape index (κ2) is 5.05. The lowest BCUT2D eigenvalue weighted by atomic mass is 10.00. The Morgan fingerprint density at radius 2 is 2.33 bits per heavy atom. The molecule has 0 aliphatic carbocycles. The minimum atomic E-state index is -0.744. The maximum Gasteiger partial charge on any atom is 0.338 e. The number of hydrogen-bond acceptors (Lipinski definition) is 3. The van der Waals surface area contributed by atoms with Gasteiger partial charge >= 0.3 is 5.97 Å². The third-order valence-electron chi connectivity index (χ3n) is 2.90. The predicted molar refractivity (Wildman–Crippen MR) is 62.4 cm³/mol. The number of ether oxygens (including phenoxy) is 2. The molecule has 1 aromatic carbocycles.